The zero-order chi connectivity index (χ0) is 24.7. The Bertz CT molecular complexity index is 1160. The van der Waals surface area contributed by atoms with Crippen LogP contribution in [0.4, 0.5) is 14.6 Å². The second-order valence-electron chi connectivity index (χ2n) is 10.1. The summed E-state index contributed by atoms with van der Waals surface area (Å²) in [5.74, 6) is 0.0957. The summed E-state index contributed by atoms with van der Waals surface area (Å²) < 4.78 is 34.7. The number of methoxy groups -OCH3 is 1. The van der Waals surface area contributed by atoms with E-state index < -0.39 is 18.4 Å². The highest BCUT2D eigenvalue weighted by atomic mass is 19.1. The fourth-order valence-corrected chi connectivity index (χ4v) is 5.72. The molecule has 2 saturated carbocycles. The predicted octanol–water partition coefficient (Wildman–Crippen LogP) is 4.12. The second kappa shape index (κ2) is 9.14. The van der Waals surface area contributed by atoms with Gasteiger partial charge in [0.1, 0.15) is 17.6 Å². The molecule has 0 amide bonds. The number of nitrogens with zero attached hydrogens (tertiary/aromatic N) is 5. The van der Waals surface area contributed by atoms with E-state index in [1.807, 2.05) is 11.9 Å². The van der Waals surface area contributed by atoms with Crippen LogP contribution in [0.1, 0.15) is 44.6 Å². The van der Waals surface area contributed by atoms with Crippen LogP contribution in [0.5, 0.6) is 5.75 Å². The number of aliphatic imine (C=N–C) groups is 1. The van der Waals surface area contributed by atoms with Gasteiger partial charge in [-0.05, 0) is 49.1 Å². The molecule has 1 unspecified atom stereocenters. The molecule has 2 fully saturated rings. The van der Waals surface area contributed by atoms with Gasteiger partial charge in [0, 0.05) is 25.9 Å². The van der Waals surface area contributed by atoms with Crippen molar-refractivity contribution in [2.75, 3.05) is 19.1 Å². The molecule has 0 saturated heterocycles. The number of hydrogen-bond acceptors (Lipinski definition) is 8. The highest BCUT2D eigenvalue weighted by molar-refractivity contribution is 6.12. The summed E-state index contributed by atoms with van der Waals surface area (Å²) in [7, 11) is 3.30. The van der Waals surface area contributed by atoms with Gasteiger partial charge in [-0.3, -0.25) is 0 Å². The van der Waals surface area contributed by atoms with Crippen molar-refractivity contribution in [2.24, 2.45) is 16.3 Å². The molecule has 3 aliphatic rings. The molecular weight excluding hydrogens is 454 g/mol. The quantitative estimate of drug-likeness (QED) is 0.659. The number of rotatable bonds is 5. The van der Waals surface area contributed by atoms with Gasteiger partial charge in [-0.2, -0.15) is 0 Å². The van der Waals surface area contributed by atoms with Crippen LogP contribution in [0.2, 0.25) is 0 Å². The van der Waals surface area contributed by atoms with Gasteiger partial charge in [0.2, 0.25) is 6.35 Å². The van der Waals surface area contributed by atoms with Gasteiger partial charge in [-0.25, -0.2) is 18.8 Å². The van der Waals surface area contributed by atoms with Crippen molar-refractivity contribution in [1.29, 1.82) is 0 Å². The van der Waals surface area contributed by atoms with Gasteiger partial charge in [0.05, 0.1) is 17.8 Å². The zero-order valence-corrected chi connectivity index (χ0v) is 20.1. The Labute approximate surface area is 203 Å². The number of hydrogen-bond donors (Lipinski definition) is 2. The summed E-state index contributed by atoms with van der Waals surface area (Å²) in [6, 6.07) is 4.35. The zero-order valence-electron chi connectivity index (χ0n) is 20.1. The number of phenolic OH excluding ortho intramolecular Hbond substituents is 1. The Balaban J connectivity index is 1.35. The van der Waals surface area contributed by atoms with Gasteiger partial charge < -0.3 is 20.1 Å². The molecule has 1 aromatic heterocycles. The molecule has 5 atom stereocenters. The molecule has 8 nitrogen and oxygen atoms in total. The lowest BCUT2D eigenvalue weighted by molar-refractivity contribution is 0.0113. The molecule has 1 aromatic carbocycles. The van der Waals surface area contributed by atoms with E-state index in [0.29, 0.717) is 16.9 Å². The molecule has 5 rings (SSSR count). The molecule has 186 valence electrons. The molecule has 2 N–H and O–H groups in total. The lowest BCUT2D eigenvalue weighted by Gasteiger charge is -2.50. The van der Waals surface area contributed by atoms with E-state index in [1.54, 1.807) is 18.3 Å². The van der Waals surface area contributed by atoms with Crippen molar-refractivity contribution in [3.63, 3.8) is 0 Å². The van der Waals surface area contributed by atoms with Crippen LogP contribution >= 0.6 is 0 Å². The minimum Gasteiger partial charge on any atom is -0.507 e. The van der Waals surface area contributed by atoms with E-state index in [-0.39, 0.29) is 34.7 Å². The number of halogens is 2. The number of alkyl halides is 1. The first kappa shape index (κ1) is 23.6. The lowest BCUT2D eigenvalue weighted by atomic mass is 9.60. The van der Waals surface area contributed by atoms with E-state index in [9.17, 15) is 9.50 Å². The number of fused-ring (bicyclic) bond motifs is 2. The van der Waals surface area contributed by atoms with Gasteiger partial charge in [0.15, 0.2) is 17.5 Å². The first-order valence-electron chi connectivity index (χ1n) is 11.9. The van der Waals surface area contributed by atoms with E-state index in [1.165, 1.54) is 19.4 Å². The number of benzene rings is 1. The topological polar surface area (TPSA) is 95.8 Å². The number of ether oxygens (including phenoxy) is 1. The maximum Gasteiger partial charge on any atom is 0.225 e. The highest BCUT2D eigenvalue weighted by Gasteiger charge is 2.47. The third-order valence-electron chi connectivity index (χ3n) is 7.60. The molecule has 10 heteroatoms. The minimum atomic E-state index is -0.906. The Kier molecular flexibility index (Phi) is 6.16. The number of aromatic hydroxyl groups is 1. The summed E-state index contributed by atoms with van der Waals surface area (Å²) in [5.41, 5.74) is 0.967. The van der Waals surface area contributed by atoms with Crippen molar-refractivity contribution in [3.05, 3.63) is 42.0 Å². The highest BCUT2D eigenvalue weighted by Crippen LogP contribution is 2.50. The standard InChI is InChI=1S/C25H30F2N6O2/c1-25-8-4-5-15(10-25)21(27)18(11-25)33(2)20-13-28-23(32-31-20)16-7-6-14(9-19(16)34)22-17(26)12-29-24(30-22)35-3/h6-7,9,12-13,15,18,21,24,29,34H,4-5,8,10-11H2,1-3H3/t15-,18-,21+,24?,25+/m1/s1. The number of anilines is 1. The number of phenols is 1. The first-order valence-corrected chi connectivity index (χ1v) is 11.9. The lowest BCUT2D eigenvalue weighted by Crippen LogP contribution is -2.52. The van der Waals surface area contributed by atoms with Gasteiger partial charge in [-0.1, -0.05) is 19.4 Å². The molecule has 0 radical (unpaired) electrons. The van der Waals surface area contributed by atoms with Crippen molar-refractivity contribution >= 4 is 11.5 Å². The predicted molar refractivity (Wildman–Crippen MR) is 128 cm³/mol. The Hall–Kier alpha value is -3.14. The second-order valence-corrected chi connectivity index (χ2v) is 10.1. The van der Waals surface area contributed by atoms with Gasteiger partial charge >= 0.3 is 0 Å². The first-order chi connectivity index (χ1) is 16.8. The van der Waals surface area contributed by atoms with Gasteiger partial charge in [-0.15, -0.1) is 10.2 Å². The number of allylic oxidation sites excluding steroid dienone is 1. The maximum atomic E-state index is 15.3. The summed E-state index contributed by atoms with van der Waals surface area (Å²) in [5, 5.41) is 21.7. The summed E-state index contributed by atoms with van der Waals surface area (Å²) in [6.45, 7) is 2.26. The van der Waals surface area contributed by atoms with Crippen molar-refractivity contribution in [2.45, 2.75) is 57.6 Å². The third kappa shape index (κ3) is 4.47. The fourth-order valence-electron chi connectivity index (χ4n) is 5.72. The van der Waals surface area contributed by atoms with E-state index >= 15 is 4.39 Å². The molecule has 2 aliphatic carbocycles. The van der Waals surface area contributed by atoms with E-state index in [2.05, 4.69) is 32.4 Å². The van der Waals surface area contributed by atoms with Gasteiger partial charge in [0.25, 0.3) is 0 Å². The van der Waals surface area contributed by atoms with Crippen LogP contribution < -0.4 is 10.2 Å². The summed E-state index contributed by atoms with van der Waals surface area (Å²) >= 11 is 0. The fraction of sp³-hybridized carbons (Fsp3) is 0.520. The molecule has 2 heterocycles. The van der Waals surface area contributed by atoms with Crippen LogP contribution in [0.3, 0.4) is 0 Å². The Morgan fingerprint density at radius 2 is 2.09 bits per heavy atom. The van der Waals surface area contributed by atoms with Crippen LogP contribution in [-0.4, -0.2) is 58.7 Å². The average Bonchev–Trinajstić information content (AvgIpc) is 2.86. The number of aromatic nitrogens is 3. The van der Waals surface area contributed by atoms with Crippen molar-refractivity contribution in [3.8, 4) is 17.1 Å². The molecule has 2 aromatic rings. The van der Waals surface area contributed by atoms with E-state index in [4.69, 9.17) is 4.74 Å². The minimum absolute atomic E-state index is 0.0696. The molecular formula is C25H30F2N6O2. The van der Waals surface area contributed by atoms with Crippen LogP contribution in [0.15, 0.2) is 41.4 Å². The SMILES string of the molecule is COC1N=C(c2ccc(-c3ncc(N(C)[C@@H]4C[C@@]5(C)CCC[C@H](C5)[C@@H]4F)nn3)c(O)c2)C(F)=CN1. The average molecular weight is 485 g/mol. The smallest absolute Gasteiger partial charge is 0.225 e. The Morgan fingerprint density at radius 1 is 1.26 bits per heavy atom. The van der Waals surface area contributed by atoms with Crippen LogP contribution in [0.25, 0.3) is 11.4 Å². The molecule has 35 heavy (non-hydrogen) atoms. The summed E-state index contributed by atoms with van der Waals surface area (Å²) in [4.78, 5) is 10.4. The van der Waals surface area contributed by atoms with Crippen LogP contribution in [0, 0.1) is 11.3 Å². The number of nitrogens with one attached hydrogen (secondary N) is 1. The molecule has 1 aliphatic heterocycles. The van der Waals surface area contributed by atoms with E-state index in [0.717, 1.165) is 32.1 Å². The maximum absolute atomic E-state index is 15.3. The largest absolute Gasteiger partial charge is 0.507 e. The third-order valence-corrected chi connectivity index (χ3v) is 7.60. The van der Waals surface area contributed by atoms with Crippen LogP contribution in [-0.2, 0) is 4.74 Å². The molecule has 2 bridgehead atoms. The normalized spacial score (nSPS) is 30.2. The monoisotopic (exact) mass is 484 g/mol. The van der Waals surface area contributed by atoms with Crippen molar-refractivity contribution < 1.29 is 18.6 Å². The molecule has 0 spiro atoms. The van der Waals surface area contributed by atoms with Crippen molar-refractivity contribution in [1.82, 2.24) is 20.5 Å². The Morgan fingerprint density at radius 3 is 2.80 bits per heavy atom. The summed E-state index contributed by atoms with van der Waals surface area (Å²) in [6.07, 6.45) is 6.00.